The van der Waals surface area contributed by atoms with Crippen molar-refractivity contribution >= 4 is 45.8 Å². The summed E-state index contributed by atoms with van der Waals surface area (Å²) in [5.74, 6) is 0.334. The molecule has 2 amide bonds. The monoisotopic (exact) mass is 1260 g/mol. The number of hydrogen-bond acceptors (Lipinski definition) is 19. The molecule has 26 nitrogen and oxygen atoms in total. The van der Waals surface area contributed by atoms with Gasteiger partial charge < -0.3 is 114 Å². The van der Waals surface area contributed by atoms with Gasteiger partial charge in [-0.1, -0.05) is 18.1 Å². The fourth-order valence-corrected chi connectivity index (χ4v) is 10.1. The van der Waals surface area contributed by atoms with E-state index in [0.29, 0.717) is 109 Å². The van der Waals surface area contributed by atoms with E-state index in [9.17, 15) is 30.0 Å². The second kappa shape index (κ2) is 26.3. The zero-order chi connectivity index (χ0) is 51.2. The number of imidazole rings is 2. The predicted molar refractivity (Wildman–Crippen MR) is 260 cm³/mol. The Kier molecular flexibility index (Phi) is 21.0. The molecule has 0 bridgehead atoms. The van der Waals surface area contributed by atoms with Crippen LogP contribution in [0.1, 0.15) is 94.2 Å². The van der Waals surface area contributed by atoms with Crippen molar-refractivity contribution < 1.29 is 101 Å². The van der Waals surface area contributed by atoms with E-state index in [0.717, 1.165) is 56.3 Å². The van der Waals surface area contributed by atoms with E-state index >= 15 is 0 Å². The first-order chi connectivity index (χ1) is 34.5. The van der Waals surface area contributed by atoms with Crippen molar-refractivity contribution in [3.63, 3.8) is 0 Å². The Labute approximate surface area is 463 Å². The second-order valence-corrected chi connectivity index (χ2v) is 20.7. The lowest BCUT2D eigenvalue weighted by atomic mass is 9.99. The van der Waals surface area contributed by atoms with Gasteiger partial charge in [-0.05, 0) is 32.1 Å². The molecule has 5 aromatic rings. The van der Waals surface area contributed by atoms with Gasteiger partial charge in [0.25, 0.3) is 0 Å². The molecule has 2 aliphatic heterocycles. The molecule has 2 fully saturated rings. The Hall–Kier alpha value is -4.12. The van der Waals surface area contributed by atoms with Gasteiger partial charge in [0.15, 0.2) is 35.4 Å². The second-order valence-electron chi connectivity index (χ2n) is 20.7. The van der Waals surface area contributed by atoms with E-state index < -0.39 is 49.1 Å². The lowest BCUT2D eigenvalue weighted by Gasteiger charge is -2.33. The van der Waals surface area contributed by atoms with Crippen molar-refractivity contribution in [3.05, 3.63) is 36.7 Å². The quantitative estimate of drug-likeness (QED) is 0.0171. The predicted octanol–water partition coefficient (Wildman–Crippen LogP) is -6.73. The molecule has 3 aliphatic rings. The highest BCUT2D eigenvalue weighted by Gasteiger charge is 2.48. The fourth-order valence-electron chi connectivity index (χ4n) is 10.1. The molecule has 410 valence electrons. The van der Waals surface area contributed by atoms with Crippen LogP contribution < -0.4 is 70.1 Å². The number of nitrogen functional groups attached to an aromatic ring is 2. The third-order valence-electron chi connectivity index (χ3n) is 14.1. The molecule has 1 aliphatic carbocycles. The summed E-state index contributed by atoms with van der Waals surface area (Å²) in [5.41, 5.74) is 15.4. The Balaban J connectivity index is 0.00000446. The molecule has 28 heteroatoms. The number of unbranched alkanes of at least 4 members (excludes halogenated alkanes) is 1. The van der Waals surface area contributed by atoms with Crippen LogP contribution >= 0.6 is 0 Å². The van der Waals surface area contributed by atoms with Gasteiger partial charge in [0, 0.05) is 45.3 Å². The third kappa shape index (κ3) is 14.3. The number of hydrogen-bond donors (Lipinski definition) is 8. The van der Waals surface area contributed by atoms with Gasteiger partial charge in [0.05, 0.1) is 66.2 Å². The first kappa shape index (κ1) is 59.1. The third-order valence-corrected chi connectivity index (χ3v) is 14.1. The number of aliphatic hydroxyl groups excluding tert-OH is 4. The van der Waals surface area contributed by atoms with Crippen LogP contribution in [0.15, 0.2) is 25.3 Å². The highest BCUT2D eigenvalue weighted by Crippen LogP contribution is 2.35. The summed E-state index contributed by atoms with van der Waals surface area (Å²) < 4.78 is 24.7. The molecule has 9 atom stereocenters. The number of nitrogens with zero attached hydrogens (tertiary/aromatic N) is 13. The van der Waals surface area contributed by atoms with Crippen molar-refractivity contribution in [1.82, 2.24) is 64.7 Å². The maximum Gasteiger partial charge on any atom is 0.220 e. The molecular weight excluding hydrogens is 1190 g/mol. The number of halogens is 2. The number of nitrogens with two attached hydrogens (primary N) is 2. The number of amides is 2. The van der Waals surface area contributed by atoms with E-state index in [4.69, 9.17) is 25.7 Å². The van der Waals surface area contributed by atoms with Gasteiger partial charge in [-0.25, -0.2) is 34.6 Å². The molecule has 8 rings (SSSR count). The Morgan fingerprint density at radius 3 is 1.77 bits per heavy atom. The van der Waals surface area contributed by atoms with Crippen LogP contribution in [0.2, 0.25) is 0 Å². The van der Waals surface area contributed by atoms with Crippen molar-refractivity contribution in [2.75, 3.05) is 85.5 Å². The van der Waals surface area contributed by atoms with Crippen LogP contribution in [-0.2, 0) is 36.8 Å². The van der Waals surface area contributed by atoms with Crippen LogP contribution in [0.3, 0.4) is 0 Å². The summed E-state index contributed by atoms with van der Waals surface area (Å²) >= 11 is 0. The summed E-state index contributed by atoms with van der Waals surface area (Å²) in [6.45, 7) is 4.06. The van der Waals surface area contributed by atoms with Gasteiger partial charge >= 0.3 is 0 Å². The van der Waals surface area contributed by atoms with Crippen LogP contribution in [0.5, 0.6) is 0 Å². The molecule has 0 aromatic carbocycles. The standard InChI is InChI=1S/C46H71N17O9.2HI/c1-62(2,22-30-37(66)39(68)45(71-30)59-26-55-35-41(47)51-24-53-43(35)59)19-10-14-32(64)49-16-8-9-18-61-28-12-6-5-7-13-29(34(28)57-58-61)70-21-17-50-33(65)15-11-20-63(3,4)23-31-38(67)40(69)46(72-31)60-27-56-36-42(48)52-25-54-44(36)60;;/h24-27,29-31,37-40,45-46,66-69H,5-23H2,1-4H3,(H4-2,47,48,49,50,51,52,53,54,64,65);2*1H/t29?,30-,31-,37-,38-,39-,40-,45-,46-;;/m1../s1. The van der Waals surface area contributed by atoms with Gasteiger partial charge in [-0.15, -0.1) is 5.10 Å². The minimum absolute atomic E-state index is 0. The number of aromatic nitrogens is 11. The highest BCUT2D eigenvalue weighted by atomic mass is 127. The van der Waals surface area contributed by atoms with E-state index in [1.807, 2.05) is 32.9 Å². The molecule has 7 heterocycles. The number of anilines is 2. The molecular formula is C46H73I2N17O9. The van der Waals surface area contributed by atoms with E-state index in [1.54, 1.807) is 9.13 Å². The Morgan fingerprint density at radius 1 is 0.703 bits per heavy atom. The topological polar surface area (TPSA) is 337 Å². The lowest BCUT2D eigenvalue weighted by Crippen LogP contribution is -3.00. The summed E-state index contributed by atoms with van der Waals surface area (Å²) in [6.07, 6.45) is 5.94. The average Bonchev–Trinajstić information content (AvgIpc) is 4.16. The fraction of sp³-hybridized carbons (Fsp3) is 0.696. The summed E-state index contributed by atoms with van der Waals surface area (Å²) in [6, 6.07) is 0. The van der Waals surface area contributed by atoms with Crippen LogP contribution in [-0.4, -0.2) is 206 Å². The number of carbonyl (C=O) groups is 2. The summed E-state index contributed by atoms with van der Waals surface area (Å²) in [4.78, 5) is 50.5. The van der Waals surface area contributed by atoms with Crippen LogP contribution in [0.25, 0.3) is 22.3 Å². The number of quaternary nitrogens is 2. The Morgan fingerprint density at radius 2 is 1.23 bits per heavy atom. The zero-order valence-electron chi connectivity index (χ0n) is 42.5. The smallest absolute Gasteiger partial charge is 0.220 e. The van der Waals surface area contributed by atoms with Gasteiger partial charge in [-0.3, -0.25) is 18.7 Å². The number of fused-ring (bicyclic) bond motifs is 3. The minimum atomic E-state index is -1.20. The minimum Gasteiger partial charge on any atom is -1.00 e. The number of likely N-dealkylation sites (N-methyl/N-ethyl adjacent to an activating group) is 2. The van der Waals surface area contributed by atoms with Gasteiger partial charge in [0.1, 0.15) is 85.2 Å². The SMILES string of the molecule is C[N+](C)(CCCC(=O)NCCCCn1nnc2c1CCCCCC2OCCNC(=O)CCC[N+](C)(C)C[C@H]1O[C@@H](n2cnc3c(N)ncnc32)[C@H](O)[C@@H]1O)C[C@H]1O[C@@H](n2cnc3c(N)ncnc32)[C@H](O)[C@@H]1O.[I-].[I-]. The van der Waals surface area contributed by atoms with Crippen molar-refractivity contribution in [2.24, 2.45) is 0 Å². The molecule has 1 unspecified atom stereocenters. The maximum absolute atomic E-state index is 12.9. The van der Waals surface area contributed by atoms with Crippen LogP contribution in [0, 0.1) is 0 Å². The maximum atomic E-state index is 12.9. The van der Waals surface area contributed by atoms with Crippen molar-refractivity contribution in [1.29, 1.82) is 0 Å². The van der Waals surface area contributed by atoms with Crippen molar-refractivity contribution in [3.8, 4) is 0 Å². The average molecular weight is 1260 g/mol. The molecule has 0 radical (unpaired) electrons. The highest BCUT2D eigenvalue weighted by molar-refractivity contribution is 5.82. The first-order valence-corrected chi connectivity index (χ1v) is 25.1. The lowest BCUT2D eigenvalue weighted by molar-refractivity contribution is -0.893. The number of carbonyl (C=O) groups excluding carboxylic acids is 2. The van der Waals surface area contributed by atoms with E-state index in [2.05, 4.69) is 50.8 Å². The summed E-state index contributed by atoms with van der Waals surface area (Å²) in [7, 11) is 8.01. The largest absolute Gasteiger partial charge is 1.00 e. The van der Waals surface area contributed by atoms with Crippen LogP contribution in [0.4, 0.5) is 11.6 Å². The molecule has 0 spiro atoms. The van der Waals surface area contributed by atoms with Gasteiger partial charge in [-0.2, -0.15) is 0 Å². The van der Waals surface area contributed by atoms with Crippen molar-refractivity contribution in [2.45, 2.75) is 132 Å². The number of nitrogens with one attached hydrogen (secondary N) is 2. The number of aliphatic hydroxyl groups is 4. The number of aryl methyl sites for hydroxylation is 1. The molecule has 0 saturated carbocycles. The first-order valence-electron chi connectivity index (χ1n) is 25.1. The van der Waals surface area contributed by atoms with E-state index in [-0.39, 0.29) is 77.5 Å². The number of ether oxygens (including phenoxy) is 3. The van der Waals surface area contributed by atoms with Gasteiger partial charge in [0.2, 0.25) is 11.8 Å². The molecule has 74 heavy (non-hydrogen) atoms. The normalized spacial score (nSPS) is 24.2. The Bertz CT molecular complexity index is 2620. The zero-order valence-corrected chi connectivity index (χ0v) is 46.8. The number of rotatable bonds is 23. The van der Waals surface area contributed by atoms with E-state index in [1.165, 1.54) is 25.3 Å². The molecule has 2 saturated heterocycles. The molecule has 10 N–H and O–H groups in total. The summed E-state index contributed by atoms with van der Waals surface area (Å²) in [5, 5.41) is 58.7. The molecule has 5 aromatic heterocycles.